The van der Waals surface area contributed by atoms with E-state index >= 15 is 0 Å². The zero-order valence-electron chi connectivity index (χ0n) is 12.4. The number of carbonyl (C=O) groups is 1. The molecule has 0 spiro atoms. The molecule has 3 rings (SSSR count). The standard InChI is InChI=1S/C16H20N2O4/c19-12-2-3-13-14(11-22-15(13)10-12)16(20)17-4-6-18-5-1-8-21-9-7-18/h2-3,10-11,19H,1,4-9H2,(H,17,20). The number of fused-ring (bicyclic) bond motifs is 1. The molecule has 0 radical (unpaired) electrons. The maximum atomic E-state index is 12.2. The highest BCUT2D eigenvalue weighted by Gasteiger charge is 2.14. The molecule has 0 unspecified atom stereocenters. The van der Waals surface area contributed by atoms with Gasteiger partial charge in [0, 0.05) is 44.2 Å². The van der Waals surface area contributed by atoms with Crippen LogP contribution in [0.3, 0.4) is 0 Å². The number of aromatic hydroxyl groups is 1. The molecule has 2 aromatic rings. The highest BCUT2D eigenvalue weighted by molar-refractivity contribution is 6.06. The first-order chi connectivity index (χ1) is 10.7. The van der Waals surface area contributed by atoms with Crippen molar-refractivity contribution in [3.05, 3.63) is 30.0 Å². The van der Waals surface area contributed by atoms with Crippen LogP contribution < -0.4 is 5.32 Å². The molecule has 1 aliphatic rings. The summed E-state index contributed by atoms with van der Waals surface area (Å²) in [6.45, 7) is 4.88. The molecule has 2 N–H and O–H groups in total. The van der Waals surface area contributed by atoms with Crippen LogP contribution in [0.2, 0.25) is 0 Å². The average Bonchev–Trinajstić information content (AvgIpc) is 2.74. The van der Waals surface area contributed by atoms with E-state index in [1.165, 1.54) is 12.3 Å². The Hall–Kier alpha value is -2.05. The van der Waals surface area contributed by atoms with E-state index in [2.05, 4.69) is 10.2 Å². The van der Waals surface area contributed by atoms with E-state index in [1.54, 1.807) is 12.1 Å². The molecule has 1 fully saturated rings. The molecule has 1 saturated heterocycles. The second-order valence-corrected chi connectivity index (χ2v) is 5.39. The van der Waals surface area contributed by atoms with Crippen molar-refractivity contribution in [2.45, 2.75) is 6.42 Å². The lowest BCUT2D eigenvalue weighted by molar-refractivity contribution is 0.0948. The summed E-state index contributed by atoms with van der Waals surface area (Å²) in [5.74, 6) is -0.0345. The fourth-order valence-electron chi connectivity index (χ4n) is 2.64. The molecule has 1 aromatic heterocycles. The number of phenolic OH excluding ortho intramolecular Hbond substituents is 1. The van der Waals surface area contributed by atoms with Crippen molar-refractivity contribution < 1.29 is 19.1 Å². The maximum Gasteiger partial charge on any atom is 0.255 e. The van der Waals surface area contributed by atoms with E-state index in [-0.39, 0.29) is 11.7 Å². The predicted octanol–water partition coefficient (Wildman–Crippen LogP) is 1.59. The monoisotopic (exact) mass is 304 g/mol. The number of amides is 1. The third kappa shape index (κ3) is 3.40. The zero-order valence-corrected chi connectivity index (χ0v) is 12.4. The number of nitrogens with one attached hydrogen (secondary N) is 1. The van der Waals surface area contributed by atoms with Gasteiger partial charge in [0.05, 0.1) is 12.2 Å². The Labute approximate surface area is 128 Å². The lowest BCUT2D eigenvalue weighted by atomic mass is 10.1. The molecule has 6 heteroatoms. The number of carbonyl (C=O) groups excluding carboxylic acids is 1. The van der Waals surface area contributed by atoms with Gasteiger partial charge in [0.15, 0.2) is 0 Å². The maximum absolute atomic E-state index is 12.2. The van der Waals surface area contributed by atoms with Gasteiger partial charge in [-0.3, -0.25) is 9.69 Å². The van der Waals surface area contributed by atoms with Crippen molar-refractivity contribution in [2.75, 3.05) is 39.4 Å². The molecule has 0 saturated carbocycles. The van der Waals surface area contributed by atoms with Gasteiger partial charge in [0.1, 0.15) is 17.6 Å². The summed E-state index contributed by atoms with van der Waals surface area (Å²) >= 11 is 0. The smallest absolute Gasteiger partial charge is 0.255 e. The largest absolute Gasteiger partial charge is 0.508 e. The molecule has 22 heavy (non-hydrogen) atoms. The summed E-state index contributed by atoms with van der Waals surface area (Å²) in [4.78, 5) is 14.5. The Morgan fingerprint density at radius 2 is 2.23 bits per heavy atom. The first-order valence-electron chi connectivity index (χ1n) is 7.52. The third-order valence-electron chi connectivity index (χ3n) is 3.83. The normalized spacial score (nSPS) is 16.5. The number of phenols is 1. The summed E-state index contributed by atoms with van der Waals surface area (Å²) in [7, 11) is 0. The highest BCUT2D eigenvalue weighted by Crippen LogP contribution is 2.24. The van der Waals surface area contributed by atoms with Crippen LogP contribution >= 0.6 is 0 Å². The quantitative estimate of drug-likeness (QED) is 0.897. The molecule has 1 aromatic carbocycles. The Kier molecular flexibility index (Phi) is 4.60. The highest BCUT2D eigenvalue weighted by atomic mass is 16.5. The van der Waals surface area contributed by atoms with Gasteiger partial charge < -0.3 is 19.6 Å². The first kappa shape index (κ1) is 14.9. The summed E-state index contributed by atoms with van der Waals surface area (Å²) in [6, 6.07) is 4.74. The second-order valence-electron chi connectivity index (χ2n) is 5.39. The predicted molar refractivity (Wildman–Crippen MR) is 82.1 cm³/mol. The van der Waals surface area contributed by atoms with Crippen molar-refractivity contribution >= 4 is 16.9 Å². The second kappa shape index (κ2) is 6.81. The molecule has 118 valence electrons. The minimum Gasteiger partial charge on any atom is -0.508 e. The number of furan rings is 1. The summed E-state index contributed by atoms with van der Waals surface area (Å²) in [5, 5.41) is 13.0. The third-order valence-corrected chi connectivity index (χ3v) is 3.83. The van der Waals surface area contributed by atoms with Crippen LogP contribution in [0.4, 0.5) is 0 Å². The lowest BCUT2D eigenvalue weighted by Gasteiger charge is -2.18. The topological polar surface area (TPSA) is 74.9 Å². The SMILES string of the molecule is O=C(NCCN1CCCOCC1)c1coc2cc(O)ccc12. The Morgan fingerprint density at radius 1 is 1.32 bits per heavy atom. The summed E-state index contributed by atoms with van der Waals surface area (Å²) in [6.07, 6.45) is 2.46. The summed E-state index contributed by atoms with van der Waals surface area (Å²) in [5.41, 5.74) is 1.00. The van der Waals surface area contributed by atoms with E-state index in [9.17, 15) is 9.90 Å². The van der Waals surface area contributed by atoms with E-state index in [0.717, 1.165) is 39.3 Å². The van der Waals surface area contributed by atoms with Crippen molar-refractivity contribution in [3.63, 3.8) is 0 Å². The molecule has 1 amide bonds. The molecule has 2 heterocycles. The van der Waals surface area contributed by atoms with Gasteiger partial charge in [-0.25, -0.2) is 0 Å². The van der Waals surface area contributed by atoms with E-state index in [4.69, 9.17) is 9.15 Å². The molecule has 0 bridgehead atoms. The van der Waals surface area contributed by atoms with Crippen LogP contribution in [0.15, 0.2) is 28.9 Å². The molecular formula is C16H20N2O4. The van der Waals surface area contributed by atoms with Crippen LogP contribution in [-0.4, -0.2) is 55.3 Å². The number of nitrogens with zero attached hydrogens (tertiary/aromatic N) is 1. The number of ether oxygens (including phenoxy) is 1. The molecule has 0 atom stereocenters. The van der Waals surface area contributed by atoms with Crippen molar-refractivity contribution in [2.24, 2.45) is 0 Å². The minimum absolute atomic E-state index is 0.122. The average molecular weight is 304 g/mol. The minimum atomic E-state index is -0.157. The van der Waals surface area contributed by atoms with E-state index < -0.39 is 0 Å². The molecular weight excluding hydrogens is 284 g/mol. The van der Waals surface area contributed by atoms with Crippen LogP contribution in [0.25, 0.3) is 11.0 Å². The van der Waals surface area contributed by atoms with Crippen molar-refractivity contribution in [1.29, 1.82) is 0 Å². The Morgan fingerprint density at radius 3 is 3.14 bits per heavy atom. The first-order valence-corrected chi connectivity index (χ1v) is 7.52. The van der Waals surface area contributed by atoms with Crippen molar-refractivity contribution in [1.82, 2.24) is 10.2 Å². The Balaban J connectivity index is 1.56. The van der Waals surface area contributed by atoms with Gasteiger partial charge in [-0.05, 0) is 18.6 Å². The van der Waals surface area contributed by atoms with Crippen LogP contribution in [0.1, 0.15) is 16.8 Å². The van der Waals surface area contributed by atoms with E-state index in [0.29, 0.717) is 23.1 Å². The van der Waals surface area contributed by atoms with Crippen LogP contribution in [-0.2, 0) is 4.74 Å². The van der Waals surface area contributed by atoms with E-state index in [1.807, 2.05) is 0 Å². The fourth-order valence-corrected chi connectivity index (χ4v) is 2.64. The summed E-state index contributed by atoms with van der Waals surface area (Å²) < 4.78 is 10.7. The fraction of sp³-hybridized carbons (Fsp3) is 0.438. The zero-order chi connectivity index (χ0) is 15.4. The van der Waals surface area contributed by atoms with Crippen molar-refractivity contribution in [3.8, 4) is 5.75 Å². The van der Waals surface area contributed by atoms with Gasteiger partial charge in [-0.1, -0.05) is 0 Å². The molecule has 1 aliphatic heterocycles. The Bertz CT molecular complexity index is 645. The number of hydrogen-bond donors (Lipinski definition) is 2. The van der Waals surface area contributed by atoms with Gasteiger partial charge >= 0.3 is 0 Å². The van der Waals surface area contributed by atoms with Crippen LogP contribution in [0.5, 0.6) is 5.75 Å². The van der Waals surface area contributed by atoms with Gasteiger partial charge in [0.2, 0.25) is 0 Å². The molecule has 6 nitrogen and oxygen atoms in total. The molecule has 0 aliphatic carbocycles. The number of benzene rings is 1. The number of rotatable bonds is 4. The van der Waals surface area contributed by atoms with Gasteiger partial charge in [-0.15, -0.1) is 0 Å². The lowest BCUT2D eigenvalue weighted by Crippen LogP contribution is -2.36. The van der Waals surface area contributed by atoms with Gasteiger partial charge in [0.25, 0.3) is 5.91 Å². The van der Waals surface area contributed by atoms with Gasteiger partial charge in [-0.2, -0.15) is 0 Å². The number of hydrogen-bond acceptors (Lipinski definition) is 5. The van der Waals surface area contributed by atoms with Crippen LogP contribution in [0, 0.1) is 0 Å².